The van der Waals surface area contributed by atoms with E-state index >= 15 is 0 Å². The maximum absolute atomic E-state index is 5.97. The number of benzene rings is 1. The van der Waals surface area contributed by atoms with Crippen LogP contribution in [0.4, 0.5) is 0 Å². The van der Waals surface area contributed by atoms with Crippen molar-refractivity contribution < 1.29 is 0 Å². The first kappa shape index (κ1) is 11.0. The minimum atomic E-state index is 0.291. The van der Waals surface area contributed by atoms with Crippen molar-refractivity contribution in [3.8, 4) is 0 Å². The smallest absolute Gasteiger partial charge is 0.201 e. The Morgan fingerprint density at radius 1 is 1.00 bits per heavy atom. The average molecular weight is 379 g/mol. The number of aromatic amines is 1. The molecule has 1 aromatic heterocycles. The molecule has 0 saturated carbocycles. The third-order valence-electron chi connectivity index (χ3n) is 1.68. The number of halogens is 5. The number of aromatic nitrogens is 2. The summed E-state index contributed by atoms with van der Waals surface area (Å²) in [6.45, 7) is 0. The molecule has 1 aromatic carbocycles. The Labute approximate surface area is 111 Å². The maximum atomic E-state index is 5.97. The normalized spacial score (nSPS) is 11.2. The van der Waals surface area contributed by atoms with Crippen molar-refractivity contribution in [3.63, 3.8) is 0 Å². The van der Waals surface area contributed by atoms with Gasteiger partial charge in [-0.1, -0.05) is 23.2 Å². The van der Waals surface area contributed by atoms with Gasteiger partial charge >= 0.3 is 0 Å². The maximum Gasteiger partial charge on any atom is 0.201 e. The zero-order valence-corrected chi connectivity index (χ0v) is 11.8. The van der Waals surface area contributed by atoms with Crippen LogP contribution in [-0.2, 0) is 0 Å². The fourth-order valence-corrected chi connectivity index (χ4v) is 2.82. The number of fused-ring (bicyclic) bond motifs is 1. The summed E-state index contributed by atoms with van der Waals surface area (Å²) < 4.78 is 1.28. The van der Waals surface area contributed by atoms with Gasteiger partial charge in [-0.15, -0.1) is 0 Å². The van der Waals surface area contributed by atoms with E-state index in [0.717, 1.165) is 5.52 Å². The largest absolute Gasteiger partial charge is 0.328 e. The van der Waals surface area contributed by atoms with Gasteiger partial charge < -0.3 is 4.98 Å². The molecule has 0 aliphatic carbocycles. The lowest BCUT2D eigenvalue weighted by Gasteiger charge is -2.02. The summed E-state index contributed by atoms with van der Waals surface area (Å²) in [4.78, 5) is 6.94. The lowest BCUT2D eigenvalue weighted by molar-refractivity contribution is 1.34. The highest BCUT2D eigenvalue weighted by Crippen LogP contribution is 2.42. The lowest BCUT2D eigenvalue weighted by atomic mass is 10.3. The van der Waals surface area contributed by atoms with Crippen molar-refractivity contribution >= 4 is 77.7 Å². The summed E-state index contributed by atoms with van der Waals surface area (Å²) in [7, 11) is 0. The topological polar surface area (TPSA) is 28.7 Å². The molecule has 2 rings (SSSR count). The molecule has 2 aromatic rings. The van der Waals surface area contributed by atoms with Crippen LogP contribution >= 0.6 is 66.7 Å². The van der Waals surface area contributed by atoms with Gasteiger partial charge in [0.1, 0.15) is 5.52 Å². The molecule has 2 nitrogen and oxygen atoms in total. The number of imidazole rings is 1. The molecule has 0 aliphatic rings. The summed E-state index contributed by atoms with van der Waals surface area (Å²) in [5, 5.41) is 1.13. The highest BCUT2D eigenvalue weighted by atomic mass is 79.9. The number of hydrogen-bond donors (Lipinski definition) is 1. The Balaban J connectivity index is 3.01. The second-order valence-electron chi connectivity index (χ2n) is 2.51. The van der Waals surface area contributed by atoms with Crippen LogP contribution in [0.25, 0.3) is 11.0 Å². The van der Waals surface area contributed by atoms with Gasteiger partial charge in [0.25, 0.3) is 0 Å². The van der Waals surface area contributed by atoms with E-state index < -0.39 is 0 Å². The van der Waals surface area contributed by atoms with Crippen LogP contribution in [0.2, 0.25) is 15.3 Å². The predicted octanol–water partition coefficient (Wildman–Crippen LogP) is 5.05. The third-order valence-corrected chi connectivity index (χ3v) is 4.73. The lowest BCUT2D eigenvalue weighted by Crippen LogP contribution is -1.80. The first-order chi connectivity index (χ1) is 6.52. The zero-order valence-electron chi connectivity index (χ0n) is 6.34. The van der Waals surface area contributed by atoms with Crippen molar-refractivity contribution in [2.75, 3.05) is 0 Å². The Bertz CT molecular complexity index is 478. The molecule has 0 amide bonds. The van der Waals surface area contributed by atoms with Gasteiger partial charge in [-0.05, 0) is 43.5 Å². The van der Waals surface area contributed by atoms with Gasteiger partial charge in [0.15, 0.2) is 0 Å². The van der Waals surface area contributed by atoms with E-state index in [2.05, 4.69) is 41.8 Å². The first-order valence-electron chi connectivity index (χ1n) is 3.39. The Kier molecular flexibility index (Phi) is 3.02. The summed E-state index contributed by atoms with van der Waals surface area (Å²) in [5.74, 6) is 0. The van der Waals surface area contributed by atoms with Gasteiger partial charge in [0.2, 0.25) is 5.28 Å². The monoisotopic (exact) mass is 376 g/mol. The SMILES string of the molecule is Clc1nc2c(Br)c(Cl)c(Cl)c(Br)c2[nH]1. The fourth-order valence-electron chi connectivity index (χ4n) is 1.07. The fraction of sp³-hybridized carbons (Fsp3) is 0. The summed E-state index contributed by atoms with van der Waals surface area (Å²) in [6, 6.07) is 0. The Morgan fingerprint density at radius 3 is 2.21 bits per heavy atom. The molecule has 0 saturated heterocycles. The predicted molar refractivity (Wildman–Crippen MR) is 66.5 cm³/mol. The summed E-state index contributed by atoms with van der Waals surface area (Å²) in [5.41, 5.74) is 1.37. The molecule has 74 valence electrons. The average Bonchev–Trinajstić information content (AvgIpc) is 2.54. The third kappa shape index (κ3) is 1.57. The van der Waals surface area contributed by atoms with Crippen LogP contribution in [-0.4, -0.2) is 9.97 Å². The van der Waals surface area contributed by atoms with E-state index in [1.807, 2.05) is 0 Å². The molecular weight excluding hydrogens is 378 g/mol. The molecule has 0 unspecified atom stereocenters. The number of H-pyrrole nitrogens is 1. The highest BCUT2D eigenvalue weighted by Gasteiger charge is 2.17. The molecule has 0 fully saturated rings. The van der Waals surface area contributed by atoms with Gasteiger partial charge in [0, 0.05) is 0 Å². The number of nitrogens with one attached hydrogen (secondary N) is 1. The van der Waals surface area contributed by atoms with Gasteiger partial charge in [-0.2, -0.15) is 0 Å². The van der Waals surface area contributed by atoms with Crippen LogP contribution in [0.1, 0.15) is 0 Å². The Hall–Kier alpha value is 0.520. The molecule has 0 radical (unpaired) electrons. The van der Waals surface area contributed by atoms with Crippen LogP contribution < -0.4 is 0 Å². The molecule has 7 heteroatoms. The van der Waals surface area contributed by atoms with Crippen LogP contribution in [0, 0.1) is 0 Å². The van der Waals surface area contributed by atoms with Crippen molar-refractivity contribution in [2.24, 2.45) is 0 Å². The highest BCUT2D eigenvalue weighted by molar-refractivity contribution is 9.11. The molecule has 0 bridgehead atoms. The van der Waals surface area contributed by atoms with E-state index in [1.165, 1.54) is 0 Å². The van der Waals surface area contributed by atoms with Gasteiger partial charge in [-0.3, -0.25) is 0 Å². The molecule has 0 spiro atoms. The summed E-state index contributed by atoms with van der Waals surface area (Å²) in [6.07, 6.45) is 0. The van der Waals surface area contributed by atoms with Crippen molar-refractivity contribution in [2.45, 2.75) is 0 Å². The Morgan fingerprint density at radius 2 is 1.57 bits per heavy atom. The van der Waals surface area contributed by atoms with Crippen molar-refractivity contribution in [1.29, 1.82) is 0 Å². The molecule has 1 N–H and O–H groups in total. The molecular formula is C7HBr2Cl3N2. The minimum Gasteiger partial charge on any atom is -0.328 e. The van der Waals surface area contributed by atoms with E-state index in [4.69, 9.17) is 34.8 Å². The molecule has 0 aliphatic heterocycles. The quantitative estimate of drug-likeness (QED) is 0.504. The standard InChI is InChI=1S/C7HBr2Cl3N2/c8-1-3(10)4(11)2(9)6-5(1)13-7(12)14-6/h(H,13,14). The van der Waals surface area contributed by atoms with E-state index in [1.54, 1.807) is 0 Å². The zero-order chi connectivity index (χ0) is 10.5. The van der Waals surface area contributed by atoms with Crippen LogP contribution in [0.15, 0.2) is 8.95 Å². The second kappa shape index (κ2) is 3.83. The number of nitrogens with zero attached hydrogens (tertiary/aromatic N) is 1. The minimum absolute atomic E-state index is 0.291. The van der Waals surface area contributed by atoms with E-state index in [9.17, 15) is 0 Å². The molecule has 14 heavy (non-hydrogen) atoms. The molecule has 0 atom stereocenters. The van der Waals surface area contributed by atoms with Crippen LogP contribution in [0.5, 0.6) is 0 Å². The van der Waals surface area contributed by atoms with Crippen molar-refractivity contribution in [1.82, 2.24) is 9.97 Å². The second-order valence-corrected chi connectivity index (χ2v) is 5.21. The van der Waals surface area contributed by atoms with E-state index in [-0.39, 0.29) is 0 Å². The van der Waals surface area contributed by atoms with Gasteiger partial charge in [0.05, 0.1) is 24.5 Å². The molecule has 1 heterocycles. The van der Waals surface area contributed by atoms with E-state index in [0.29, 0.717) is 29.8 Å². The first-order valence-corrected chi connectivity index (χ1v) is 6.11. The number of rotatable bonds is 0. The van der Waals surface area contributed by atoms with Crippen LogP contribution in [0.3, 0.4) is 0 Å². The summed E-state index contributed by atoms with van der Waals surface area (Å²) >= 11 is 24.3. The van der Waals surface area contributed by atoms with Gasteiger partial charge in [-0.25, -0.2) is 4.98 Å². The number of hydrogen-bond acceptors (Lipinski definition) is 1. The van der Waals surface area contributed by atoms with Crippen molar-refractivity contribution in [3.05, 3.63) is 24.3 Å².